The summed E-state index contributed by atoms with van der Waals surface area (Å²) in [5, 5.41) is 0. The first kappa shape index (κ1) is 12.7. The van der Waals surface area contributed by atoms with Crippen LogP contribution in [0, 0.1) is 11.6 Å². The SMILES string of the molecule is NCCOCC(=O)Cc1cc(F)cc(F)c1. The van der Waals surface area contributed by atoms with E-state index < -0.39 is 11.6 Å². The second-order valence-electron chi connectivity index (χ2n) is 3.33. The number of halogens is 2. The lowest BCUT2D eigenvalue weighted by Gasteiger charge is -2.03. The Hall–Kier alpha value is -1.33. The fourth-order valence-corrected chi connectivity index (χ4v) is 1.26. The summed E-state index contributed by atoms with van der Waals surface area (Å²) in [4.78, 5) is 11.3. The lowest BCUT2D eigenvalue weighted by Crippen LogP contribution is -2.16. The van der Waals surface area contributed by atoms with E-state index >= 15 is 0 Å². The highest BCUT2D eigenvalue weighted by molar-refractivity contribution is 5.82. The normalized spacial score (nSPS) is 10.4. The summed E-state index contributed by atoms with van der Waals surface area (Å²) in [6, 6.07) is 3.02. The van der Waals surface area contributed by atoms with E-state index in [0.29, 0.717) is 18.7 Å². The van der Waals surface area contributed by atoms with Crippen LogP contribution in [0.4, 0.5) is 8.78 Å². The first-order chi connectivity index (χ1) is 7.61. The second kappa shape index (κ2) is 6.30. The van der Waals surface area contributed by atoms with Crippen LogP contribution in [0.1, 0.15) is 5.56 Å². The molecule has 3 nitrogen and oxygen atoms in total. The maximum absolute atomic E-state index is 12.8. The zero-order chi connectivity index (χ0) is 12.0. The number of carbonyl (C=O) groups excluding carboxylic acids is 1. The summed E-state index contributed by atoms with van der Waals surface area (Å²) < 4.78 is 30.5. The molecular formula is C11H13F2NO2. The van der Waals surface area contributed by atoms with Crippen LogP contribution < -0.4 is 5.73 Å². The van der Waals surface area contributed by atoms with Gasteiger partial charge in [0.15, 0.2) is 5.78 Å². The van der Waals surface area contributed by atoms with Gasteiger partial charge >= 0.3 is 0 Å². The number of rotatable bonds is 6. The third-order valence-corrected chi connectivity index (χ3v) is 1.85. The standard InChI is InChI=1S/C11H13F2NO2/c12-9-3-8(4-10(13)6-9)5-11(15)7-16-2-1-14/h3-4,6H,1-2,5,7,14H2. The zero-order valence-corrected chi connectivity index (χ0v) is 8.71. The molecule has 0 bridgehead atoms. The van der Waals surface area contributed by atoms with Gasteiger partial charge in [0.25, 0.3) is 0 Å². The van der Waals surface area contributed by atoms with Crippen molar-refractivity contribution in [3.05, 3.63) is 35.4 Å². The largest absolute Gasteiger partial charge is 0.372 e. The lowest BCUT2D eigenvalue weighted by molar-refractivity contribution is -0.122. The molecule has 0 aromatic heterocycles. The maximum atomic E-state index is 12.8. The molecule has 0 heterocycles. The molecule has 5 heteroatoms. The van der Waals surface area contributed by atoms with Gasteiger partial charge < -0.3 is 10.5 Å². The smallest absolute Gasteiger partial charge is 0.162 e. The fraction of sp³-hybridized carbons (Fsp3) is 0.364. The number of hydrogen-bond acceptors (Lipinski definition) is 3. The van der Waals surface area contributed by atoms with Crippen molar-refractivity contribution in [3.8, 4) is 0 Å². The van der Waals surface area contributed by atoms with Gasteiger partial charge in [0, 0.05) is 19.0 Å². The molecule has 0 spiro atoms. The summed E-state index contributed by atoms with van der Waals surface area (Å²) in [5.41, 5.74) is 5.48. The first-order valence-electron chi connectivity index (χ1n) is 4.86. The van der Waals surface area contributed by atoms with E-state index in [4.69, 9.17) is 10.5 Å². The van der Waals surface area contributed by atoms with Crippen molar-refractivity contribution in [1.82, 2.24) is 0 Å². The van der Waals surface area contributed by atoms with E-state index in [1.165, 1.54) is 0 Å². The van der Waals surface area contributed by atoms with Gasteiger partial charge in [-0.3, -0.25) is 4.79 Å². The molecule has 16 heavy (non-hydrogen) atoms. The quantitative estimate of drug-likeness (QED) is 0.742. The van der Waals surface area contributed by atoms with E-state index in [-0.39, 0.29) is 18.8 Å². The van der Waals surface area contributed by atoms with Crippen LogP contribution in [0.5, 0.6) is 0 Å². The molecule has 1 aromatic rings. The Morgan fingerprint density at radius 1 is 1.25 bits per heavy atom. The number of nitrogens with two attached hydrogens (primary N) is 1. The first-order valence-corrected chi connectivity index (χ1v) is 4.86. The Bertz CT molecular complexity index is 349. The Kier molecular flexibility index (Phi) is 5.01. The molecule has 0 aliphatic rings. The van der Waals surface area contributed by atoms with Crippen molar-refractivity contribution >= 4 is 5.78 Å². The third-order valence-electron chi connectivity index (χ3n) is 1.85. The van der Waals surface area contributed by atoms with Crippen molar-refractivity contribution in [3.63, 3.8) is 0 Å². The maximum Gasteiger partial charge on any atom is 0.162 e. The minimum absolute atomic E-state index is 0.0424. The van der Waals surface area contributed by atoms with Gasteiger partial charge in [-0.05, 0) is 17.7 Å². The van der Waals surface area contributed by atoms with Crippen LogP contribution >= 0.6 is 0 Å². The highest BCUT2D eigenvalue weighted by Gasteiger charge is 2.06. The Morgan fingerprint density at radius 3 is 2.44 bits per heavy atom. The molecule has 0 unspecified atom stereocenters. The van der Waals surface area contributed by atoms with Gasteiger partial charge in [-0.25, -0.2) is 8.78 Å². The Morgan fingerprint density at radius 2 is 1.88 bits per heavy atom. The lowest BCUT2D eigenvalue weighted by atomic mass is 10.1. The Labute approximate surface area is 92.2 Å². The topological polar surface area (TPSA) is 52.3 Å². The highest BCUT2D eigenvalue weighted by atomic mass is 19.1. The molecule has 0 aliphatic carbocycles. The summed E-state index contributed by atoms with van der Waals surface area (Å²) in [7, 11) is 0. The molecule has 0 radical (unpaired) electrons. The summed E-state index contributed by atoms with van der Waals surface area (Å²) in [5.74, 6) is -1.62. The average Bonchev–Trinajstić information content (AvgIpc) is 2.16. The number of benzene rings is 1. The van der Waals surface area contributed by atoms with Crippen molar-refractivity contribution in [1.29, 1.82) is 0 Å². The molecule has 0 amide bonds. The van der Waals surface area contributed by atoms with Crippen LogP contribution in [-0.4, -0.2) is 25.5 Å². The average molecular weight is 229 g/mol. The molecule has 0 atom stereocenters. The molecule has 1 aromatic carbocycles. The van der Waals surface area contributed by atoms with Gasteiger partial charge in [0.05, 0.1) is 6.61 Å². The minimum Gasteiger partial charge on any atom is -0.372 e. The second-order valence-corrected chi connectivity index (χ2v) is 3.33. The van der Waals surface area contributed by atoms with Crippen LogP contribution in [0.15, 0.2) is 18.2 Å². The summed E-state index contributed by atoms with van der Waals surface area (Å²) >= 11 is 0. The monoisotopic (exact) mass is 229 g/mol. The number of carbonyl (C=O) groups is 1. The fourth-order valence-electron chi connectivity index (χ4n) is 1.26. The van der Waals surface area contributed by atoms with Gasteiger partial charge in [0.2, 0.25) is 0 Å². The van der Waals surface area contributed by atoms with E-state index in [2.05, 4.69) is 0 Å². The van der Waals surface area contributed by atoms with Crippen LogP contribution in [0.2, 0.25) is 0 Å². The number of Topliss-reactive ketones (excluding diaryl/α,β-unsaturated/α-hetero) is 1. The summed E-state index contributed by atoms with van der Waals surface area (Å²) in [6.45, 7) is 0.542. The predicted molar refractivity (Wildman–Crippen MR) is 54.9 cm³/mol. The Balaban J connectivity index is 2.49. The molecule has 1 rings (SSSR count). The van der Waals surface area contributed by atoms with Gasteiger partial charge in [-0.15, -0.1) is 0 Å². The minimum atomic E-state index is -0.689. The predicted octanol–water partition coefficient (Wildman–Crippen LogP) is 1.05. The van der Waals surface area contributed by atoms with E-state index in [0.717, 1.165) is 18.2 Å². The molecular weight excluding hydrogens is 216 g/mol. The molecule has 0 fully saturated rings. The van der Waals surface area contributed by atoms with Crippen LogP contribution in [0.25, 0.3) is 0 Å². The van der Waals surface area contributed by atoms with Crippen LogP contribution in [-0.2, 0) is 16.0 Å². The van der Waals surface area contributed by atoms with Crippen molar-refractivity contribution in [2.45, 2.75) is 6.42 Å². The number of hydrogen-bond donors (Lipinski definition) is 1. The molecule has 0 saturated heterocycles. The van der Waals surface area contributed by atoms with Gasteiger partial charge in [-0.1, -0.05) is 0 Å². The van der Waals surface area contributed by atoms with E-state index in [1.807, 2.05) is 0 Å². The highest BCUT2D eigenvalue weighted by Crippen LogP contribution is 2.08. The van der Waals surface area contributed by atoms with Crippen molar-refractivity contribution in [2.24, 2.45) is 5.73 Å². The molecule has 0 saturated carbocycles. The van der Waals surface area contributed by atoms with Crippen LogP contribution in [0.3, 0.4) is 0 Å². The van der Waals surface area contributed by atoms with Gasteiger partial charge in [0.1, 0.15) is 18.2 Å². The molecule has 88 valence electrons. The van der Waals surface area contributed by atoms with E-state index in [9.17, 15) is 13.6 Å². The number of ether oxygens (including phenoxy) is 1. The molecule has 2 N–H and O–H groups in total. The van der Waals surface area contributed by atoms with Gasteiger partial charge in [-0.2, -0.15) is 0 Å². The zero-order valence-electron chi connectivity index (χ0n) is 8.71. The number of ketones is 1. The van der Waals surface area contributed by atoms with Crippen molar-refractivity contribution in [2.75, 3.05) is 19.8 Å². The third kappa shape index (κ3) is 4.46. The molecule has 0 aliphatic heterocycles. The summed E-state index contributed by atoms with van der Waals surface area (Å²) in [6.07, 6.45) is -0.0424. The van der Waals surface area contributed by atoms with E-state index in [1.54, 1.807) is 0 Å². The van der Waals surface area contributed by atoms with Crippen molar-refractivity contribution < 1.29 is 18.3 Å².